The molecule has 1 aliphatic rings. The van der Waals surface area contributed by atoms with E-state index in [0.717, 1.165) is 18.4 Å². The summed E-state index contributed by atoms with van der Waals surface area (Å²) in [4.78, 5) is 0. The van der Waals surface area contributed by atoms with Crippen molar-refractivity contribution < 1.29 is 9.47 Å². The summed E-state index contributed by atoms with van der Waals surface area (Å²) in [5.41, 5.74) is 6.50. The lowest BCUT2D eigenvalue weighted by Crippen LogP contribution is -2.13. The number of benzene rings is 1. The van der Waals surface area contributed by atoms with Crippen LogP contribution >= 0.6 is 11.6 Å². The Kier molecular flexibility index (Phi) is 4.18. The molecule has 19 heavy (non-hydrogen) atoms. The fourth-order valence-corrected chi connectivity index (χ4v) is 2.26. The molecule has 102 valence electrons. The Morgan fingerprint density at radius 1 is 1.47 bits per heavy atom. The lowest BCUT2D eigenvalue weighted by Gasteiger charge is -2.17. The molecule has 0 bridgehead atoms. The number of nitriles is 1. The van der Waals surface area contributed by atoms with E-state index in [0.29, 0.717) is 36.1 Å². The van der Waals surface area contributed by atoms with Crippen molar-refractivity contribution in [3.63, 3.8) is 0 Å². The van der Waals surface area contributed by atoms with Crippen molar-refractivity contribution in [1.29, 1.82) is 5.26 Å². The van der Waals surface area contributed by atoms with E-state index in [-0.39, 0.29) is 5.41 Å². The first-order valence-electron chi connectivity index (χ1n) is 6.20. The van der Waals surface area contributed by atoms with Crippen molar-refractivity contribution >= 4 is 11.6 Å². The molecule has 0 saturated heterocycles. The van der Waals surface area contributed by atoms with Crippen LogP contribution in [0.4, 0.5) is 0 Å². The summed E-state index contributed by atoms with van der Waals surface area (Å²) < 4.78 is 11.1. The Labute approximate surface area is 118 Å². The highest BCUT2D eigenvalue weighted by molar-refractivity contribution is 6.32. The van der Waals surface area contributed by atoms with E-state index in [9.17, 15) is 0 Å². The molecule has 0 aliphatic heterocycles. The molecule has 2 N–H and O–H groups in total. The van der Waals surface area contributed by atoms with E-state index in [1.165, 1.54) is 0 Å². The van der Waals surface area contributed by atoms with Crippen LogP contribution in [-0.4, -0.2) is 13.7 Å². The van der Waals surface area contributed by atoms with Crippen LogP contribution in [0.5, 0.6) is 11.5 Å². The summed E-state index contributed by atoms with van der Waals surface area (Å²) >= 11 is 6.19. The molecule has 1 saturated carbocycles. The van der Waals surface area contributed by atoms with Gasteiger partial charge in [0.15, 0.2) is 11.5 Å². The molecule has 0 radical (unpaired) electrons. The van der Waals surface area contributed by atoms with Crippen LogP contribution in [0.3, 0.4) is 0 Å². The van der Waals surface area contributed by atoms with E-state index in [4.69, 9.17) is 32.1 Å². The fraction of sp³-hybridized carbons (Fsp3) is 0.500. The van der Waals surface area contributed by atoms with Crippen molar-refractivity contribution in [3.05, 3.63) is 22.7 Å². The van der Waals surface area contributed by atoms with Gasteiger partial charge >= 0.3 is 0 Å². The van der Waals surface area contributed by atoms with Crippen LogP contribution in [0.25, 0.3) is 0 Å². The molecule has 1 aromatic carbocycles. The first-order valence-corrected chi connectivity index (χ1v) is 6.58. The van der Waals surface area contributed by atoms with Gasteiger partial charge in [0.1, 0.15) is 0 Å². The highest BCUT2D eigenvalue weighted by Crippen LogP contribution is 2.49. The number of hydrogen-bond acceptors (Lipinski definition) is 4. The van der Waals surface area contributed by atoms with Gasteiger partial charge < -0.3 is 15.2 Å². The Morgan fingerprint density at radius 2 is 2.21 bits per heavy atom. The summed E-state index contributed by atoms with van der Waals surface area (Å²) in [5, 5.41) is 9.29. The number of ether oxygens (including phenoxy) is 2. The lowest BCUT2D eigenvalue weighted by atomic mass is 10.1. The molecular formula is C14H17ClN2O2. The number of methoxy groups -OCH3 is 1. The second-order valence-corrected chi connectivity index (χ2v) is 5.34. The van der Waals surface area contributed by atoms with Gasteiger partial charge in [0.2, 0.25) is 0 Å². The molecule has 1 aliphatic carbocycles. The van der Waals surface area contributed by atoms with Gasteiger partial charge in [0.05, 0.1) is 24.8 Å². The van der Waals surface area contributed by atoms with Crippen LogP contribution in [0.15, 0.2) is 12.1 Å². The molecule has 1 aromatic rings. The van der Waals surface area contributed by atoms with Crippen LogP contribution in [-0.2, 0) is 6.54 Å². The maximum atomic E-state index is 8.79. The predicted octanol–water partition coefficient (Wildman–Crippen LogP) is 2.88. The molecule has 0 aromatic heterocycles. The summed E-state index contributed by atoms with van der Waals surface area (Å²) in [7, 11) is 1.57. The van der Waals surface area contributed by atoms with E-state index in [1.54, 1.807) is 13.2 Å². The summed E-state index contributed by atoms with van der Waals surface area (Å²) in [6.45, 7) is 0.896. The van der Waals surface area contributed by atoms with Gasteiger partial charge in [-0.05, 0) is 30.5 Å². The zero-order valence-electron chi connectivity index (χ0n) is 10.9. The Hall–Kier alpha value is -1.44. The van der Waals surface area contributed by atoms with Gasteiger partial charge in [-0.15, -0.1) is 0 Å². The summed E-state index contributed by atoms with van der Waals surface area (Å²) in [6.07, 6.45) is 2.58. The number of nitrogens with zero attached hydrogens (tertiary/aromatic N) is 1. The van der Waals surface area contributed by atoms with Gasteiger partial charge in [-0.2, -0.15) is 5.26 Å². The largest absolute Gasteiger partial charge is 0.493 e. The van der Waals surface area contributed by atoms with E-state index in [1.807, 2.05) is 6.07 Å². The molecule has 1 fully saturated rings. The number of halogens is 1. The van der Waals surface area contributed by atoms with Crippen LogP contribution < -0.4 is 15.2 Å². The molecule has 2 rings (SSSR count). The average molecular weight is 281 g/mol. The quantitative estimate of drug-likeness (QED) is 0.870. The van der Waals surface area contributed by atoms with E-state index in [2.05, 4.69) is 6.07 Å². The maximum absolute atomic E-state index is 8.79. The number of nitrogens with two attached hydrogens (primary N) is 1. The first kappa shape index (κ1) is 14.0. The number of hydrogen-bond donors (Lipinski definition) is 1. The molecule has 0 spiro atoms. The third-order valence-electron chi connectivity index (χ3n) is 3.46. The summed E-state index contributed by atoms with van der Waals surface area (Å²) in [5.74, 6) is 1.12. The minimum Gasteiger partial charge on any atom is -0.493 e. The maximum Gasteiger partial charge on any atom is 0.179 e. The second kappa shape index (κ2) is 5.68. The third-order valence-corrected chi connectivity index (χ3v) is 3.74. The highest BCUT2D eigenvalue weighted by Gasteiger charge is 2.43. The van der Waals surface area contributed by atoms with Crippen LogP contribution in [0.1, 0.15) is 24.8 Å². The Balaban J connectivity index is 2.14. The predicted molar refractivity (Wildman–Crippen MR) is 73.3 cm³/mol. The molecule has 0 heterocycles. The zero-order chi connectivity index (χ0) is 13.9. The lowest BCUT2D eigenvalue weighted by molar-refractivity contribution is 0.227. The smallest absolute Gasteiger partial charge is 0.179 e. The van der Waals surface area contributed by atoms with Crippen molar-refractivity contribution in [3.8, 4) is 17.6 Å². The third kappa shape index (κ3) is 3.12. The number of rotatable bonds is 6. The monoisotopic (exact) mass is 280 g/mol. The van der Waals surface area contributed by atoms with E-state index >= 15 is 0 Å². The molecule has 5 heteroatoms. The van der Waals surface area contributed by atoms with Gasteiger partial charge in [-0.3, -0.25) is 0 Å². The highest BCUT2D eigenvalue weighted by atomic mass is 35.5. The normalized spacial score (nSPS) is 15.7. The fourth-order valence-electron chi connectivity index (χ4n) is 1.97. The first-order chi connectivity index (χ1) is 9.14. The van der Waals surface area contributed by atoms with Gasteiger partial charge in [0.25, 0.3) is 0 Å². The zero-order valence-corrected chi connectivity index (χ0v) is 11.7. The molecule has 0 atom stereocenters. The van der Waals surface area contributed by atoms with Crippen LogP contribution in [0.2, 0.25) is 5.02 Å². The van der Waals surface area contributed by atoms with Crippen molar-refractivity contribution in [1.82, 2.24) is 0 Å². The molecule has 4 nitrogen and oxygen atoms in total. The van der Waals surface area contributed by atoms with E-state index < -0.39 is 0 Å². The van der Waals surface area contributed by atoms with Crippen molar-refractivity contribution in [2.45, 2.75) is 25.8 Å². The standard InChI is InChI=1S/C14H17ClN2O2/c1-18-12-7-10(8-17)6-11(15)13(12)19-9-14(2-3-14)4-5-16/h6-7H,2-4,8-9,17H2,1H3. The Morgan fingerprint density at radius 3 is 2.74 bits per heavy atom. The Bertz CT molecular complexity index is 507. The van der Waals surface area contributed by atoms with Gasteiger partial charge in [-0.1, -0.05) is 11.6 Å². The summed E-state index contributed by atoms with van der Waals surface area (Å²) in [6, 6.07) is 5.81. The van der Waals surface area contributed by atoms with Crippen molar-refractivity contribution in [2.75, 3.05) is 13.7 Å². The molecular weight excluding hydrogens is 264 g/mol. The minimum atomic E-state index is 0.00955. The topological polar surface area (TPSA) is 68.3 Å². The SMILES string of the molecule is COc1cc(CN)cc(Cl)c1OCC1(CC#N)CC1. The minimum absolute atomic E-state index is 0.00955. The van der Waals surface area contributed by atoms with Crippen LogP contribution in [0, 0.1) is 16.7 Å². The molecule has 0 unspecified atom stereocenters. The van der Waals surface area contributed by atoms with Gasteiger partial charge in [-0.25, -0.2) is 0 Å². The van der Waals surface area contributed by atoms with Crippen molar-refractivity contribution in [2.24, 2.45) is 11.1 Å². The average Bonchev–Trinajstić information content (AvgIpc) is 3.17. The second-order valence-electron chi connectivity index (χ2n) is 4.94. The van der Waals surface area contributed by atoms with Gasteiger partial charge in [0, 0.05) is 18.4 Å². The molecule has 0 amide bonds.